The van der Waals surface area contributed by atoms with Crippen LogP contribution in [0.1, 0.15) is 199 Å². The standard InChI is InChI=1S/C19H24N6O.2C18H22N6O.3C17H20N6O/c1-5-15-11-26-16-8-6-14(21-19(16)24(15)4)7-9-17-22-18-13(3)20-10-12(2)25(18)23-17;1-11-9-19-12(2)17-21-15(23-24(11)17)8-6-13-5-7-14-16(20-13)22-18(3,4)10-25-14;1-4-13-10-25-15-7-5-14(21-17(15)20-13)6-8-16-22-18-12(3)19-9-11(2)24(18)23-16;3*1-10-9-24-14-6-4-13(20-16(14)19-10)5-7-15-21-17-12(3)18-8-11(2)23(17)22-15/h6,8,10,15H,5,7,9,11H2,1-4H3;5,7,9H,6,8,10H2,1-4H3,(H,20,22);5,7,9,13H,4,6,8,10H2,1-3H3,(H,20,21);3*4,6,8,10H,5,7,9H2,1-3H3,(H,19,20)/t;;;2*10-;/m...10./s1. The summed E-state index contributed by atoms with van der Waals surface area (Å²) in [5.74, 6) is 14.9. The molecule has 5 N–H and O–H groups in total. The van der Waals surface area contributed by atoms with Crippen LogP contribution in [0.15, 0.2) is 110 Å². The maximum atomic E-state index is 5.84. The van der Waals surface area contributed by atoms with Crippen LogP contribution in [-0.4, -0.2) is 230 Å². The molecular weight excluding hydrogens is 1870 g/mol. The number of hydrogen-bond donors (Lipinski definition) is 5. The first-order valence-electron chi connectivity index (χ1n) is 50.8. The number of hydrogen-bond acceptors (Lipinski definition) is 36. The normalized spacial score (nSPS) is 16.4. The lowest BCUT2D eigenvalue weighted by Gasteiger charge is -2.34. The first kappa shape index (κ1) is 100. The van der Waals surface area contributed by atoms with Gasteiger partial charge in [0.15, 0.2) is 138 Å². The summed E-state index contributed by atoms with van der Waals surface area (Å²) in [6.07, 6.45) is 22.1. The van der Waals surface area contributed by atoms with E-state index in [1.54, 1.807) is 0 Å². The fourth-order valence-corrected chi connectivity index (χ4v) is 17.7. The van der Waals surface area contributed by atoms with Crippen molar-refractivity contribution < 1.29 is 28.4 Å². The monoisotopic (exact) mass is 2000 g/mol. The van der Waals surface area contributed by atoms with Crippen LogP contribution >= 0.6 is 0 Å². The smallest absolute Gasteiger partial charge is 0.177 e. The molecule has 0 radical (unpaired) electrons. The second-order valence-electron chi connectivity index (χ2n) is 39.3. The van der Waals surface area contributed by atoms with E-state index >= 15 is 0 Å². The van der Waals surface area contributed by atoms with Gasteiger partial charge in [0.25, 0.3) is 0 Å². The van der Waals surface area contributed by atoms with E-state index in [1.165, 1.54) is 0 Å². The summed E-state index contributed by atoms with van der Waals surface area (Å²) >= 11 is 0. The van der Waals surface area contributed by atoms with E-state index < -0.39 is 0 Å². The second-order valence-corrected chi connectivity index (χ2v) is 39.3. The molecule has 42 nitrogen and oxygen atoms in total. The van der Waals surface area contributed by atoms with Gasteiger partial charge in [-0.1, -0.05) is 13.8 Å². The lowest BCUT2D eigenvalue weighted by Crippen LogP contribution is -2.41. The van der Waals surface area contributed by atoms with Gasteiger partial charge in [0, 0.05) is 117 Å². The van der Waals surface area contributed by atoms with Crippen molar-refractivity contribution >= 4 is 68.8 Å². The Morgan fingerprint density at radius 3 is 0.811 bits per heavy atom. The first-order chi connectivity index (χ1) is 71.4. The summed E-state index contributed by atoms with van der Waals surface area (Å²) in [6.45, 7) is 42.4. The Morgan fingerprint density at radius 2 is 0.534 bits per heavy atom. The SMILES string of the molecule is CCC1COc2ccc(CCc3nc4c(C)ncc(C)n4n3)nc2N1.CCC1COc2ccc(CCc3nc4c(C)ncc(C)n4n3)nc2N1C.Cc1ncc(C)n2nc(CCc3ccc4c(n3)NC(C)(C)CO4)nc12.Cc1ncc(C)n2nc(CCc3ccc4c(n3)NC(C)CO4)nc12.Cc1ncc(C)n2nc(CCc3ccc4c(n3)N[C@@H](C)CO4)nc12.Cc1ncc(C)n2nc(CCc3ccc4c(n3)N[C@H](C)CO4)nc12. The third-order valence-electron chi connectivity index (χ3n) is 26.3. The van der Waals surface area contributed by atoms with Gasteiger partial charge in [0.1, 0.15) is 39.6 Å². The van der Waals surface area contributed by atoms with E-state index in [4.69, 9.17) is 43.4 Å². The number of nitrogens with one attached hydrogen (secondary N) is 5. The van der Waals surface area contributed by atoms with Gasteiger partial charge in [-0.25, -0.2) is 86.9 Å². The highest BCUT2D eigenvalue weighted by atomic mass is 16.5. The van der Waals surface area contributed by atoms with Crippen LogP contribution in [0.5, 0.6) is 34.5 Å². The van der Waals surface area contributed by atoms with Crippen molar-refractivity contribution in [2.75, 3.05) is 78.2 Å². The first-order valence-corrected chi connectivity index (χ1v) is 50.8. The fraction of sp³-hybridized carbons (Fsp3) is 0.434. The van der Waals surface area contributed by atoms with Gasteiger partial charge in [0.05, 0.1) is 104 Å². The molecule has 148 heavy (non-hydrogen) atoms. The third-order valence-corrected chi connectivity index (χ3v) is 26.3. The van der Waals surface area contributed by atoms with Gasteiger partial charge in [-0.3, -0.25) is 29.9 Å². The van der Waals surface area contributed by atoms with Crippen LogP contribution in [0.4, 0.5) is 34.9 Å². The molecule has 18 aromatic heterocycles. The summed E-state index contributed by atoms with van der Waals surface area (Å²) in [5, 5.41) is 44.5. The zero-order valence-corrected chi connectivity index (χ0v) is 87.7. The summed E-state index contributed by atoms with van der Waals surface area (Å²) < 4.78 is 45.5. The van der Waals surface area contributed by atoms with Crippen molar-refractivity contribution in [2.24, 2.45) is 0 Å². The van der Waals surface area contributed by atoms with Gasteiger partial charge in [0.2, 0.25) is 0 Å². The highest BCUT2D eigenvalue weighted by Gasteiger charge is 2.31. The Labute approximate surface area is 857 Å². The number of pyridine rings is 6. The third kappa shape index (κ3) is 23.0. The van der Waals surface area contributed by atoms with E-state index in [2.05, 4.69) is 192 Å². The Balaban J connectivity index is 0.000000112. The Hall–Kier alpha value is -16.2. The minimum Gasteiger partial charge on any atom is -0.488 e. The van der Waals surface area contributed by atoms with Gasteiger partial charge < -0.3 is 59.9 Å². The fourth-order valence-electron chi connectivity index (χ4n) is 17.7. The zero-order chi connectivity index (χ0) is 103. The van der Waals surface area contributed by atoms with E-state index in [-0.39, 0.29) is 23.7 Å². The number of nitrogens with zero attached hydrogens (tertiary/aromatic N) is 31. The topological polar surface area (TPSA) is 455 Å². The number of anilines is 6. The molecule has 6 aliphatic rings. The number of aromatic nitrogens is 30. The Kier molecular flexibility index (Phi) is 29.6. The number of ether oxygens (including phenoxy) is 6. The molecule has 0 saturated heterocycles. The molecule has 0 spiro atoms. The van der Waals surface area contributed by atoms with Crippen molar-refractivity contribution in [3.8, 4) is 34.5 Å². The highest BCUT2D eigenvalue weighted by molar-refractivity contribution is 5.60. The van der Waals surface area contributed by atoms with Gasteiger partial charge in [-0.2, -0.15) is 30.6 Å². The maximum absolute atomic E-state index is 5.84. The molecule has 0 amide bonds. The van der Waals surface area contributed by atoms with E-state index in [1.807, 2.05) is 220 Å². The van der Waals surface area contributed by atoms with Gasteiger partial charge in [-0.05, 0) is 242 Å². The largest absolute Gasteiger partial charge is 0.488 e. The highest BCUT2D eigenvalue weighted by Crippen LogP contribution is 2.37. The molecular formula is C106H128N36O6. The quantitative estimate of drug-likeness (QED) is 0.0473. The predicted octanol–water partition coefficient (Wildman–Crippen LogP) is 13.9. The molecule has 0 aromatic carbocycles. The number of fused-ring (bicyclic) bond motifs is 12. The molecule has 18 aromatic rings. The minimum atomic E-state index is -0.107. The summed E-state index contributed by atoms with van der Waals surface area (Å²) in [7, 11) is 2.09. The molecule has 42 heteroatoms. The van der Waals surface area contributed by atoms with Crippen LogP contribution in [-0.2, 0) is 77.0 Å². The molecule has 6 aliphatic heterocycles. The average molecular weight is 2000 g/mol. The lowest BCUT2D eigenvalue weighted by atomic mass is 10.1. The van der Waals surface area contributed by atoms with Crippen molar-refractivity contribution in [3.05, 3.63) is 247 Å². The van der Waals surface area contributed by atoms with Crippen LogP contribution < -0.4 is 59.9 Å². The van der Waals surface area contributed by atoms with E-state index in [0.29, 0.717) is 45.1 Å². The van der Waals surface area contributed by atoms with Crippen LogP contribution in [0.3, 0.4) is 0 Å². The molecule has 24 heterocycles. The van der Waals surface area contributed by atoms with Crippen molar-refractivity contribution in [1.82, 2.24) is 147 Å². The molecule has 5 atom stereocenters. The number of aryl methyl sites for hydroxylation is 24. The molecule has 24 rings (SSSR count). The van der Waals surface area contributed by atoms with Gasteiger partial charge in [-0.15, -0.1) is 0 Å². The molecule has 0 bridgehead atoms. The van der Waals surface area contributed by atoms with Crippen LogP contribution in [0.2, 0.25) is 0 Å². The van der Waals surface area contributed by atoms with Crippen LogP contribution in [0.25, 0.3) is 33.9 Å². The maximum Gasteiger partial charge on any atom is 0.177 e. The zero-order valence-electron chi connectivity index (χ0n) is 87.7. The van der Waals surface area contributed by atoms with E-state index in [0.717, 1.165) is 337 Å². The lowest BCUT2D eigenvalue weighted by molar-refractivity contribution is 0.240. The molecule has 3 unspecified atom stereocenters. The molecule has 0 fully saturated rings. The Bertz CT molecular complexity index is 7290. The van der Waals surface area contributed by atoms with Crippen molar-refractivity contribution in [1.29, 1.82) is 0 Å². The van der Waals surface area contributed by atoms with Crippen molar-refractivity contribution in [2.45, 2.75) is 257 Å². The Morgan fingerprint density at radius 1 is 0.284 bits per heavy atom. The molecule has 768 valence electrons. The van der Waals surface area contributed by atoms with E-state index in [9.17, 15) is 0 Å². The summed E-state index contributed by atoms with van der Waals surface area (Å²) in [6, 6.07) is 25.5. The second kappa shape index (κ2) is 43.6. The molecule has 0 aliphatic carbocycles. The van der Waals surface area contributed by atoms with Gasteiger partial charge >= 0.3 is 0 Å². The van der Waals surface area contributed by atoms with Crippen LogP contribution in [0, 0.1) is 83.1 Å². The van der Waals surface area contributed by atoms with Crippen molar-refractivity contribution in [3.63, 3.8) is 0 Å². The average Bonchev–Trinajstić information content (AvgIpc) is 1.49. The molecule has 0 saturated carbocycles. The summed E-state index contributed by atoms with van der Waals surface area (Å²) in [4.78, 5) is 84.2. The summed E-state index contributed by atoms with van der Waals surface area (Å²) in [5.41, 5.74) is 22.2. The minimum absolute atomic E-state index is 0.107. The predicted molar refractivity (Wildman–Crippen MR) is 562 cm³/mol. The number of rotatable bonds is 20. The number of likely N-dealkylation sites (N-methyl/N-ethyl adjacent to an activating group) is 1.